The highest BCUT2D eigenvalue weighted by Crippen LogP contribution is 2.35. The first-order valence-electron chi connectivity index (χ1n) is 6.28. The monoisotopic (exact) mass is 350 g/mol. The first-order chi connectivity index (χ1) is 9.82. The number of fused-ring (bicyclic) bond motifs is 1. The SMILES string of the molecule is CCCN1C(=O)COc2ccc(NC(=O)C(Cl)(Cl)Cl)cc21. The van der Waals surface area contributed by atoms with Crippen LogP contribution in [0.3, 0.4) is 0 Å². The molecule has 2 amide bonds. The number of carbonyl (C=O) groups is 2. The Morgan fingerprint density at radius 3 is 2.76 bits per heavy atom. The molecule has 1 aromatic rings. The molecule has 0 saturated heterocycles. The standard InChI is InChI=1S/C13H13Cl3N2O3/c1-2-5-18-9-6-8(17-12(20)13(14,15)16)3-4-10(9)21-7-11(18)19/h3-4,6H,2,5,7H2,1H3,(H,17,20). The second-order valence-electron chi connectivity index (χ2n) is 4.47. The number of anilines is 2. The van der Waals surface area contributed by atoms with Crippen LogP contribution >= 0.6 is 34.8 Å². The number of amides is 2. The summed E-state index contributed by atoms with van der Waals surface area (Å²) in [5.74, 6) is -0.318. The van der Waals surface area contributed by atoms with E-state index in [0.29, 0.717) is 23.7 Å². The fourth-order valence-electron chi connectivity index (χ4n) is 1.95. The number of hydrogen-bond donors (Lipinski definition) is 1. The molecule has 0 bridgehead atoms. The van der Waals surface area contributed by atoms with Crippen molar-refractivity contribution in [3.63, 3.8) is 0 Å². The highest BCUT2D eigenvalue weighted by Gasteiger charge is 2.31. The van der Waals surface area contributed by atoms with Crippen LogP contribution in [-0.4, -0.2) is 28.8 Å². The van der Waals surface area contributed by atoms with Gasteiger partial charge in [-0.25, -0.2) is 0 Å². The molecule has 114 valence electrons. The van der Waals surface area contributed by atoms with Crippen molar-refractivity contribution in [2.75, 3.05) is 23.4 Å². The van der Waals surface area contributed by atoms with Crippen molar-refractivity contribution in [3.8, 4) is 5.75 Å². The lowest BCUT2D eigenvalue weighted by Gasteiger charge is -2.29. The van der Waals surface area contributed by atoms with E-state index in [1.807, 2.05) is 6.92 Å². The highest BCUT2D eigenvalue weighted by molar-refractivity contribution is 6.76. The fraction of sp³-hybridized carbons (Fsp3) is 0.385. The summed E-state index contributed by atoms with van der Waals surface area (Å²) in [5.41, 5.74) is 1.01. The van der Waals surface area contributed by atoms with Gasteiger partial charge in [-0.05, 0) is 24.6 Å². The van der Waals surface area contributed by atoms with Crippen LogP contribution in [0.15, 0.2) is 18.2 Å². The van der Waals surface area contributed by atoms with Gasteiger partial charge in [-0.2, -0.15) is 0 Å². The molecule has 8 heteroatoms. The lowest BCUT2D eigenvalue weighted by molar-refractivity contribution is -0.121. The van der Waals surface area contributed by atoms with Crippen LogP contribution in [0.2, 0.25) is 0 Å². The van der Waals surface area contributed by atoms with E-state index >= 15 is 0 Å². The van der Waals surface area contributed by atoms with Crippen LogP contribution in [0.25, 0.3) is 0 Å². The van der Waals surface area contributed by atoms with Crippen molar-refractivity contribution in [2.24, 2.45) is 0 Å². The Morgan fingerprint density at radius 2 is 2.14 bits per heavy atom. The Morgan fingerprint density at radius 1 is 1.43 bits per heavy atom. The molecular formula is C13H13Cl3N2O3. The molecule has 0 aliphatic carbocycles. The third kappa shape index (κ3) is 3.73. The van der Waals surface area contributed by atoms with Crippen LogP contribution in [-0.2, 0) is 9.59 Å². The number of nitrogens with one attached hydrogen (secondary N) is 1. The molecule has 0 atom stereocenters. The molecule has 0 fully saturated rings. The molecule has 0 unspecified atom stereocenters. The van der Waals surface area contributed by atoms with Gasteiger partial charge >= 0.3 is 0 Å². The summed E-state index contributed by atoms with van der Waals surface area (Å²) in [7, 11) is 0. The lowest BCUT2D eigenvalue weighted by atomic mass is 10.2. The van der Waals surface area contributed by atoms with Gasteiger partial charge in [-0.15, -0.1) is 0 Å². The van der Waals surface area contributed by atoms with E-state index in [9.17, 15) is 9.59 Å². The molecular weight excluding hydrogens is 339 g/mol. The largest absolute Gasteiger partial charge is 0.482 e. The molecule has 1 aromatic carbocycles. The van der Waals surface area contributed by atoms with Crippen molar-refractivity contribution in [3.05, 3.63) is 18.2 Å². The van der Waals surface area contributed by atoms with Gasteiger partial charge in [0.2, 0.25) is 0 Å². The van der Waals surface area contributed by atoms with Crippen molar-refractivity contribution in [1.29, 1.82) is 0 Å². The summed E-state index contributed by atoms with van der Waals surface area (Å²) in [6.45, 7) is 2.54. The Balaban J connectivity index is 2.28. The first kappa shape index (κ1) is 16.2. The molecule has 0 aromatic heterocycles. The minimum atomic E-state index is -2.05. The maximum absolute atomic E-state index is 11.9. The van der Waals surface area contributed by atoms with Gasteiger partial charge in [0.15, 0.2) is 6.61 Å². The average molecular weight is 352 g/mol. The van der Waals surface area contributed by atoms with Crippen LogP contribution in [0, 0.1) is 0 Å². The minimum Gasteiger partial charge on any atom is -0.482 e. The quantitative estimate of drug-likeness (QED) is 0.851. The van der Waals surface area contributed by atoms with Gasteiger partial charge < -0.3 is 15.0 Å². The minimum absolute atomic E-state index is 0.00680. The van der Waals surface area contributed by atoms with E-state index < -0.39 is 9.70 Å². The van der Waals surface area contributed by atoms with E-state index in [2.05, 4.69) is 5.32 Å². The van der Waals surface area contributed by atoms with Gasteiger partial charge in [-0.1, -0.05) is 41.7 Å². The molecule has 21 heavy (non-hydrogen) atoms. The topological polar surface area (TPSA) is 58.6 Å². The third-order valence-corrected chi connectivity index (χ3v) is 3.38. The van der Waals surface area contributed by atoms with Gasteiger partial charge in [0.1, 0.15) is 5.75 Å². The Bertz CT molecular complexity index is 572. The normalized spacial score (nSPS) is 14.5. The Kier molecular flexibility index (Phi) is 4.86. The summed E-state index contributed by atoms with van der Waals surface area (Å²) >= 11 is 16.5. The van der Waals surface area contributed by atoms with E-state index in [0.717, 1.165) is 6.42 Å². The number of carbonyl (C=O) groups excluding carboxylic acids is 2. The lowest BCUT2D eigenvalue weighted by Crippen LogP contribution is -2.39. The zero-order valence-electron chi connectivity index (χ0n) is 11.2. The molecule has 1 aliphatic heterocycles. The Hall–Kier alpha value is -1.17. The second kappa shape index (κ2) is 6.30. The number of ether oxygens (including phenoxy) is 1. The average Bonchev–Trinajstić information content (AvgIpc) is 2.41. The van der Waals surface area contributed by atoms with Crippen LogP contribution in [0.5, 0.6) is 5.75 Å². The number of hydrogen-bond acceptors (Lipinski definition) is 3. The van der Waals surface area contributed by atoms with Crippen molar-refractivity contribution < 1.29 is 14.3 Å². The summed E-state index contributed by atoms with van der Waals surface area (Å²) in [4.78, 5) is 25.2. The van der Waals surface area contributed by atoms with Gasteiger partial charge in [0, 0.05) is 12.2 Å². The summed E-state index contributed by atoms with van der Waals surface area (Å²) < 4.78 is 3.31. The predicted molar refractivity (Wildman–Crippen MR) is 83.5 cm³/mol. The van der Waals surface area contributed by atoms with Gasteiger partial charge in [0.25, 0.3) is 15.6 Å². The fourth-order valence-corrected chi connectivity index (χ4v) is 2.09. The number of nitrogens with zero attached hydrogens (tertiary/aromatic N) is 1. The van der Waals surface area contributed by atoms with E-state index in [-0.39, 0.29) is 12.5 Å². The molecule has 0 radical (unpaired) electrons. The summed E-state index contributed by atoms with van der Waals surface area (Å²) in [5, 5.41) is 2.48. The number of benzene rings is 1. The molecule has 0 spiro atoms. The van der Waals surface area contributed by atoms with Crippen LogP contribution in [0.1, 0.15) is 13.3 Å². The van der Waals surface area contributed by atoms with Gasteiger partial charge in [-0.3, -0.25) is 9.59 Å². The first-order valence-corrected chi connectivity index (χ1v) is 7.41. The van der Waals surface area contributed by atoms with Crippen LogP contribution < -0.4 is 15.0 Å². The van der Waals surface area contributed by atoms with Crippen LogP contribution in [0.4, 0.5) is 11.4 Å². The zero-order valence-corrected chi connectivity index (χ0v) is 13.4. The molecule has 1 heterocycles. The maximum atomic E-state index is 11.9. The van der Waals surface area contributed by atoms with Crippen molar-refractivity contribution in [1.82, 2.24) is 0 Å². The molecule has 1 aliphatic rings. The van der Waals surface area contributed by atoms with Crippen molar-refractivity contribution in [2.45, 2.75) is 17.1 Å². The molecule has 2 rings (SSSR count). The zero-order chi connectivity index (χ0) is 15.6. The number of halogens is 3. The van der Waals surface area contributed by atoms with E-state index in [1.54, 1.807) is 23.1 Å². The summed E-state index contributed by atoms with van der Waals surface area (Å²) in [6.07, 6.45) is 0.802. The van der Waals surface area contributed by atoms with E-state index in [1.165, 1.54) is 0 Å². The predicted octanol–water partition coefficient (Wildman–Crippen LogP) is 3.13. The summed E-state index contributed by atoms with van der Waals surface area (Å²) in [6, 6.07) is 4.90. The molecule has 1 N–H and O–H groups in total. The molecule has 0 saturated carbocycles. The van der Waals surface area contributed by atoms with Crippen molar-refractivity contribution >= 4 is 58.0 Å². The van der Waals surface area contributed by atoms with E-state index in [4.69, 9.17) is 39.5 Å². The van der Waals surface area contributed by atoms with Gasteiger partial charge in [0.05, 0.1) is 5.69 Å². The maximum Gasteiger partial charge on any atom is 0.276 e. The molecule has 5 nitrogen and oxygen atoms in total. The second-order valence-corrected chi connectivity index (χ2v) is 6.75. The number of rotatable bonds is 3. The smallest absolute Gasteiger partial charge is 0.276 e. The highest BCUT2D eigenvalue weighted by atomic mass is 35.6. The Labute approximate surface area is 137 Å². The third-order valence-electron chi connectivity index (χ3n) is 2.86. The number of alkyl halides is 3.